The molecule has 36 valence electrons. The summed E-state index contributed by atoms with van der Waals surface area (Å²) in [4.78, 5) is 0. The number of hydrogen-bond acceptors (Lipinski definition) is 0. The van der Waals surface area contributed by atoms with Crippen molar-refractivity contribution in [1.29, 1.82) is 0 Å². The molecular weight excluding hydrogens is 138 g/mol. The largest absolute Gasteiger partial charge is 1.00 e. The van der Waals surface area contributed by atoms with Gasteiger partial charge in [-0.2, -0.15) is 0 Å². The predicted octanol–water partition coefficient (Wildman–Crippen LogP) is -5.16. The third-order valence-electron chi connectivity index (χ3n) is 0. The molecule has 0 heterocycles. The maximum atomic E-state index is 0. The molecule has 0 spiro atoms. The minimum absolute atomic E-state index is 0. The zero-order valence-electron chi connectivity index (χ0n) is 5.63. The maximum Gasteiger partial charge on any atom is 1.00 e. The smallest absolute Gasteiger partial charge is 1.00 e. The Balaban J connectivity index is 0. The van der Waals surface area contributed by atoms with E-state index >= 15 is 0 Å². The molecular formula is H6F4KNa. The fourth-order valence-electron chi connectivity index (χ4n) is 0. The van der Waals surface area contributed by atoms with Gasteiger partial charge in [-0.05, 0) is 0 Å². The topological polar surface area (TPSA) is 0 Å². The summed E-state index contributed by atoms with van der Waals surface area (Å²) in [7, 11) is 0. The van der Waals surface area contributed by atoms with Gasteiger partial charge < -0.3 is 2.85 Å². The van der Waals surface area contributed by atoms with Crippen LogP contribution in [0.5, 0.6) is 0 Å². The van der Waals surface area contributed by atoms with Gasteiger partial charge in [0.25, 0.3) is 0 Å². The molecule has 0 aliphatic carbocycles. The molecule has 0 saturated carbocycles. The van der Waals surface area contributed by atoms with Crippen LogP contribution in [-0.4, -0.2) is 0 Å². The quantitative estimate of drug-likeness (QED) is 0.235. The number of hydrogen-bond donors (Lipinski definition) is 0. The third-order valence-corrected chi connectivity index (χ3v) is 0. The molecule has 0 rings (SSSR count). The van der Waals surface area contributed by atoms with Crippen LogP contribution in [0.25, 0.3) is 0 Å². The molecule has 0 nitrogen and oxygen atoms in total. The zero-order valence-corrected chi connectivity index (χ0v) is 8.76. The van der Waals surface area contributed by atoms with E-state index in [0.29, 0.717) is 0 Å². The molecule has 6 heteroatoms. The second-order valence-corrected chi connectivity index (χ2v) is 0. The van der Waals surface area contributed by atoms with Crippen LogP contribution in [0.4, 0.5) is 18.8 Å². The summed E-state index contributed by atoms with van der Waals surface area (Å²) >= 11 is 0. The molecule has 0 aliphatic heterocycles. The van der Waals surface area contributed by atoms with Crippen molar-refractivity contribution in [2.45, 2.75) is 0 Å². The van der Waals surface area contributed by atoms with E-state index in [1.165, 1.54) is 0 Å². The van der Waals surface area contributed by atoms with Gasteiger partial charge in [-0.15, -0.1) is 0 Å². The van der Waals surface area contributed by atoms with Crippen LogP contribution in [0, 0.1) is 0 Å². The van der Waals surface area contributed by atoms with Gasteiger partial charge in [-0.25, -0.2) is 0 Å². The number of rotatable bonds is 0. The molecule has 0 fully saturated rings. The van der Waals surface area contributed by atoms with E-state index < -0.39 is 0 Å². The van der Waals surface area contributed by atoms with E-state index in [9.17, 15) is 0 Å². The van der Waals surface area contributed by atoms with Gasteiger partial charge in [-0.1, -0.05) is 0 Å². The van der Waals surface area contributed by atoms with E-state index in [-0.39, 0.29) is 103 Å². The first kappa shape index (κ1) is 81.4. The summed E-state index contributed by atoms with van der Waals surface area (Å²) in [5, 5.41) is 0. The average Bonchev–Trinajstić information content (AvgIpc) is 0. The van der Waals surface area contributed by atoms with Crippen molar-refractivity contribution in [3.05, 3.63) is 0 Å². The van der Waals surface area contributed by atoms with Gasteiger partial charge in [0.05, 0.1) is 0 Å². The van der Waals surface area contributed by atoms with Crippen LogP contribution >= 0.6 is 0 Å². The van der Waals surface area contributed by atoms with Crippen molar-refractivity contribution in [3.8, 4) is 0 Å². The monoisotopic (exact) mass is 144 g/mol. The minimum atomic E-state index is 0. The third kappa shape index (κ3) is 32.8. The van der Waals surface area contributed by atoms with E-state index in [2.05, 4.69) is 0 Å². The van der Waals surface area contributed by atoms with Gasteiger partial charge in [0, 0.05) is 0 Å². The molecule has 0 unspecified atom stereocenters. The molecule has 0 bridgehead atoms. The van der Waals surface area contributed by atoms with E-state index in [0.717, 1.165) is 0 Å². The van der Waals surface area contributed by atoms with Gasteiger partial charge in [0.2, 0.25) is 0 Å². The maximum absolute atomic E-state index is 0. The molecule has 0 radical (unpaired) electrons. The van der Waals surface area contributed by atoms with Crippen LogP contribution in [0.3, 0.4) is 0 Å². The standard InChI is InChI=1S/4FH.K.Na.2H/h4*1H;;;;/q;;;;2*+1;2*-1. The molecule has 0 aromatic heterocycles. The minimum Gasteiger partial charge on any atom is -1.00 e. The average molecular weight is 144 g/mol. The fourth-order valence-corrected chi connectivity index (χ4v) is 0. The summed E-state index contributed by atoms with van der Waals surface area (Å²) in [6.45, 7) is 0. The summed E-state index contributed by atoms with van der Waals surface area (Å²) < 4.78 is 0. The molecule has 6 heavy (non-hydrogen) atoms. The summed E-state index contributed by atoms with van der Waals surface area (Å²) in [5.74, 6) is 0. The van der Waals surface area contributed by atoms with Crippen LogP contribution in [-0.2, 0) is 0 Å². The summed E-state index contributed by atoms with van der Waals surface area (Å²) in [5.41, 5.74) is 0. The van der Waals surface area contributed by atoms with Gasteiger partial charge >= 0.3 is 80.9 Å². The Morgan fingerprint density at radius 2 is 0.667 bits per heavy atom. The predicted molar refractivity (Wildman–Crippen MR) is 12.2 cm³/mol. The fraction of sp³-hybridized carbons (Fsp3) is 0. The molecule has 0 amide bonds. The second-order valence-electron chi connectivity index (χ2n) is 0. The van der Waals surface area contributed by atoms with Crippen molar-refractivity contribution < 1.29 is 103 Å². The Morgan fingerprint density at radius 3 is 0.667 bits per heavy atom. The van der Waals surface area contributed by atoms with Crippen LogP contribution < -0.4 is 80.9 Å². The van der Waals surface area contributed by atoms with Gasteiger partial charge in [0.15, 0.2) is 0 Å². The summed E-state index contributed by atoms with van der Waals surface area (Å²) in [6.07, 6.45) is 0. The van der Waals surface area contributed by atoms with Crippen molar-refractivity contribution >= 4 is 0 Å². The van der Waals surface area contributed by atoms with Gasteiger partial charge in [0.1, 0.15) is 0 Å². The van der Waals surface area contributed by atoms with E-state index in [1.807, 2.05) is 0 Å². The first-order valence-electron chi connectivity index (χ1n) is 0. The molecule has 0 aromatic carbocycles. The van der Waals surface area contributed by atoms with Crippen molar-refractivity contribution in [2.24, 2.45) is 0 Å². The Bertz CT molecular complexity index is 14.0. The van der Waals surface area contributed by atoms with Crippen LogP contribution in [0.1, 0.15) is 2.85 Å². The molecule has 0 aromatic rings. The van der Waals surface area contributed by atoms with E-state index in [4.69, 9.17) is 0 Å². The van der Waals surface area contributed by atoms with E-state index in [1.54, 1.807) is 0 Å². The molecule has 0 saturated heterocycles. The molecule has 0 atom stereocenters. The Morgan fingerprint density at radius 1 is 0.667 bits per heavy atom. The normalized spacial score (nSPS) is 0. The Hall–Kier alpha value is 2.36. The van der Waals surface area contributed by atoms with Crippen LogP contribution in [0.2, 0.25) is 0 Å². The van der Waals surface area contributed by atoms with Gasteiger partial charge in [-0.3, -0.25) is 18.8 Å². The Labute approximate surface area is 101 Å². The van der Waals surface area contributed by atoms with Crippen molar-refractivity contribution in [2.75, 3.05) is 0 Å². The zero-order chi connectivity index (χ0) is 0. The van der Waals surface area contributed by atoms with Crippen molar-refractivity contribution in [1.82, 2.24) is 0 Å². The molecule has 0 N–H and O–H groups in total. The Kier molecular flexibility index (Phi) is 727. The van der Waals surface area contributed by atoms with Crippen LogP contribution in [0.15, 0.2) is 0 Å². The first-order chi connectivity index (χ1) is 0. The van der Waals surface area contributed by atoms with Crippen molar-refractivity contribution in [3.63, 3.8) is 0 Å². The summed E-state index contributed by atoms with van der Waals surface area (Å²) in [6, 6.07) is 0. The molecule has 0 aliphatic rings. The first-order valence-corrected chi connectivity index (χ1v) is 0. The number of halogens is 4. The second kappa shape index (κ2) is 53.5. The SMILES string of the molecule is F.F.F.F.[H-].[H-].[K+].[Na+].